The first kappa shape index (κ1) is 18.7. The Labute approximate surface area is 162 Å². The van der Waals surface area contributed by atoms with Gasteiger partial charge in [0.1, 0.15) is 0 Å². The number of rotatable bonds is 2. The van der Waals surface area contributed by atoms with Crippen molar-refractivity contribution in [2.75, 3.05) is 18.4 Å². The van der Waals surface area contributed by atoms with Gasteiger partial charge in [-0.05, 0) is 55.5 Å². The number of likely N-dealkylation sites (tertiary alicyclic amines) is 1. The Bertz CT molecular complexity index is 688. The number of benzene rings is 1. The number of amides is 2. The van der Waals surface area contributed by atoms with Gasteiger partial charge in [0, 0.05) is 32.0 Å². The Balaban J connectivity index is 0.00000156. The highest BCUT2D eigenvalue weighted by Gasteiger charge is 2.20. The van der Waals surface area contributed by atoms with Gasteiger partial charge in [0.2, 0.25) is 0 Å². The lowest BCUT2D eigenvalue weighted by molar-refractivity contribution is 0.186. The SMILES string of the molecule is Cc1ccc(NC(=O)N2CCC(C)CC2)cc1-c1ccccn1.I.[HH]. The molecule has 0 bridgehead atoms. The van der Waals surface area contributed by atoms with E-state index in [0.29, 0.717) is 5.92 Å². The molecule has 1 aliphatic rings. The van der Waals surface area contributed by atoms with Crippen LogP contribution < -0.4 is 5.32 Å². The van der Waals surface area contributed by atoms with E-state index in [9.17, 15) is 4.79 Å². The topological polar surface area (TPSA) is 45.2 Å². The third-order valence-electron chi connectivity index (χ3n) is 4.50. The van der Waals surface area contributed by atoms with Gasteiger partial charge in [0.05, 0.1) is 5.69 Å². The van der Waals surface area contributed by atoms with E-state index in [0.717, 1.165) is 48.4 Å². The number of carbonyl (C=O) groups excluding carboxylic acids is 1. The third kappa shape index (κ3) is 4.47. The van der Waals surface area contributed by atoms with E-state index in [1.165, 1.54) is 0 Å². The number of hydrogen-bond acceptors (Lipinski definition) is 2. The van der Waals surface area contributed by atoms with E-state index < -0.39 is 0 Å². The Morgan fingerprint density at radius 3 is 2.67 bits per heavy atom. The molecule has 24 heavy (non-hydrogen) atoms. The molecule has 0 saturated carbocycles. The second-order valence-corrected chi connectivity index (χ2v) is 6.34. The molecule has 3 rings (SSSR count). The van der Waals surface area contributed by atoms with Crippen molar-refractivity contribution in [3.05, 3.63) is 48.2 Å². The average Bonchev–Trinajstić information content (AvgIpc) is 2.58. The van der Waals surface area contributed by atoms with Gasteiger partial charge in [-0.25, -0.2) is 4.79 Å². The van der Waals surface area contributed by atoms with E-state index in [1.807, 2.05) is 41.3 Å². The van der Waals surface area contributed by atoms with E-state index in [2.05, 4.69) is 24.1 Å². The molecule has 5 heteroatoms. The van der Waals surface area contributed by atoms with E-state index in [-0.39, 0.29) is 31.4 Å². The van der Waals surface area contributed by atoms with Crippen molar-refractivity contribution in [3.63, 3.8) is 0 Å². The summed E-state index contributed by atoms with van der Waals surface area (Å²) in [7, 11) is 0. The maximum absolute atomic E-state index is 12.4. The van der Waals surface area contributed by atoms with E-state index >= 15 is 0 Å². The van der Waals surface area contributed by atoms with Gasteiger partial charge in [-0.1, -0.05) is 19.1 Å². The molecule has 1 saturated heterocycles. The number of aromatic nitrogens is 1. The average molecular weight is 439 g/mol. The molecule has 2 aromatic rings. The fourth-order valence-corrected chi connectivity index (χ4v) is 2.91. The van der Waals surface area contributed by atoms with Crippen molar-refractivity contribution in [2.24, 2.45) is 5.92 Å². The maximum Gasteiger partial charge on any atom is 0.321 e. The number of pyridine rings is 1. The number of urea groups is 1. The predicted octanol–water partition coefficient (Wildman–Crippen LogP) is 5.18. The number of aryl methyl sites for hydroxylation is 1. The predicted molar refractivity (Wildman–Crippen MR) is 111 cm³/mol. The van der Waals surface area contributed by atoms with E-state index in [4.69, 9.17) is 0 Å². The summed E-state index contributed by atoms with van der Waals surface area (Å²) in [4.78, 5) is 18.7. The van der Waals surface area contributed by atoms with Crippen LogP contribution in [0.1, 0.15) is 26.8 Å². The summed E-state index contributed by atoms with van der Waals surface area (Å²) < 4.78 is 0. The molecule has 4 nitrogen and oxygen atoms in total. The summed E-state index contributed by atoms with van der Waals surface area (Å²) in [5, 5.41) is 3.02. The number of piperidine rings is 1. The Hall–Kier alpha value is -1.63. The van der Waals surface area contributed by atoms with Crippen LogP contribution in [0.15, 0.2) is 42.6 Å². The van der Waals surface area contributed by atoms with Crippen LogP contribution >= 0.6 is 24.0 Å². The molecule has 130 valence electrons. The lowest BCUT2D eigenvalue weighted by Crippen LogP contribution is -2.40. The second-order valence-electron chi connectivity index (χ2n) is 6.34. The van der Waals surface area contributed by atoms with Gasteiger partial charge in [-0.3, -0.25) is 4.98 Å². The molecule has 0 unspecified atom stereocenters. The molecule has 0 spiro atoms. The van der Waals surface area contributed by atoms with Crippen LogP contribution in [0.3, 0.4) is 0 Å². The molecule has 1 aromatic heterocycles. The van der Waals surface area contributed by atoms with Crippen LogP contribution in [0, 0.1) is 12.8 Å². The van der Waals surface area contributed by atoms with Crippen LogP contribution in [-0.4, -0.2) is 29.0 Å². The molecular weight excluding hydrogens is 413 g/mol. The zero-order valence-electron chi connectivity index (χ0n) is 14.2. The number of nitrogens with zero attached hydrogens (tertiary/aromatic N) is 2. The van der Waals surface area contributed by atoms with Gasteiger partial charge in [-0.15, -0.1) is 24.0 Å². The highest BCUT2D eigenvalue weighted by molar-refractivity contribution is 14.0. The molecule has 0 radical (unpaired) electrons. The lowest BCUT2D eigenvalue weighted by atomic mass is 10.00. The van der Waals surface area contributed by atoms with Gasteiger partial charge in [0.25, 0.3) is 0 Å². The highest BCUT2D eigenvalue weighted by atomic mass is 127. The standard InChI is InChI=1S/C19H23N3O.HI.H2/c1-14-8-11-22(12-9-14)19(23)21-16-7-6-15(2)17(13-16)18-5-3-4-10-20-18;;/h3-7,10,13-14H,8-9,11-12H2,1-2H3,(H,21,23);2*1H. The van der Waals surface area contributed by atoms with Crippen LogP contribution in [0.2, 0.25) is 0 Å². The highest BCUT2D eigenvalue weighted by Crippen LogP contribution is 2.25. The van der Waals surface area contributed by atoms with Crippen LogP contribution in [0.5, 0.6) is 0 Å². The van der Waals surface area contributed by atoms with Gasteiger partial charge in [0.15, 0.2) is 0 Å². The van der Waals surface area contributed by atoms with Crippen LogP contribution in [0.25, 0.3) is 11.3 Å². The van der Waals surface area contributed by atoms with Crippen molar-refractivity contribution in [1.82, 2.24) is 9.88 Å². The fourth-order valence-electron chi connectivity index (χ4n) is 2.91. The molecule has 1 fully saturated rings. The van der Waals surface area contributed by atoms with Gasteiger partial charge in [-0.2, -0.15) is 0 Å². The molecule has 0 atom stereocenters. The first-order valence-corrected chi connectivity index (χ1v) is 8.21. The summed E-state index contributed by atoms with van der Waals surface area (Å²) in [6.07, 6.45) is 3.95. The Morgan fingerprint density at radius 2 is 2.00 bits per heavy atom. The van der Waals surface area contributed by atoms with Crippen LogP contribution in [0.4, 0.5) is 10.5 Å². The van der Waals surface area contributed by atoms with Crippen molar-refractivity contribution in [1.29, 1.82) is 0 Å². The Kier molecular flexibility index (Phi) is 6.60. The van der Waals surface area contributed by atoms with Crippen molar-refractivity contribution < 1.29 is 6.22 Å². The Morgan fingerprint density at radius 1 is 1.25 bits per heavy atom. The maximum atomic E-state index is 12.4. The van der Waals surface area contributed by atoms with Crippen molar-refractivity contribution in [2.45, 2.75) is 26.7 Å². The minimum atomic E-state index is -0.00674. The first-order valence-electron chi connectivity index (χ1n) is 8.21. The first-order chi connectivity index (χ1) is 11.1. The zero-order valence-corrected chi connectivity index (χ0v) is 16.5. The molecule has 1 aliphatic heterocycles. The number of halogens is 1. The summed E-state index contributed by atoms with van der Waals surface area (Å²) in [6.45, 7) is 5.98. The molecule has 1 aromatic carbocycles. The van der Waals surface area contributed by atoms with Crippen molar-refractivity contribution in [3.8, 4) is 11.3 Å². The van der Waals surface area contributed by atoms with Crippen molar-refractivity contribution >= 4 is 35.7 Å². The number of nitrogens with one attached hydrogen (secondary N) is 1. The third-order valence-corrected chi connectivity index (χ3v) is 4.50. The lowest BCUT2D eigenvalue weighted by Gasteiger charge is -2.30. The van der Waals surface area contributed by atoms with Gasteiger partial charge < -0.3 is 10.2 Å². The largest absolute Gasteiger partial charge is 0.325 e. The smallest absolute Gasteiger partial charge is 0.321 e. The van der Waals surface area contributed by atoms with Gasteiger partial charge >= 0.3 is 6.03 Å². The van der Waals surface area contributed by atoms with Crippen LogP contribution in [-0.2, 0) is 0 Å². The minimum absolute atomic E-state index is 0. The molecule has 2 amide bonds. The monoisotopic (exact) mass is 439 g/mol. The molecule has 0 aliphatic carbocycles. The summed E-state index contributed by atoms with van der Waals surface area (Å²) in [5.74, 6) is 0.717. The second kappa shape index (κ2) is 8.46. The quantitative estimate of drug-likeness (QED) is 0.656. The zero-order chi connectivity index (χ0) is 16.2. The fraction of sp³-hybridized carbons (Fsp3) is 0.368. The number of hydrogen-bond donors (Lipinski definition) is 1. The molecule has 1 N–H and O–H groups in total. The molecule has 2 heterocycles. The summed E-state index contributed by atoms with van der Waals surface area (Å²) >= 11 is 0. The molecular formula is C19H26IN3O. The minimum Gasteiger partial charge on any atom is -0.325 e. The summed E-state index contributed by atoms with van der Waals surface area (Å²) in [6, 6.07) is 11.8. The normalized spacial score (nSPS) is 14.8. The number of anilines is 1. The number of carbonyl (C=O) groups is 1. The van der Waals surface area contributed by atoms with E-state index in [1.54, 1.807) is 6.20 Å². The summed E-state index contributed by atoms with van der Waals surface area (Å²) in [5.41, 5.74) is 3.94.